The number of carbonyl (C=O) groups excluding carboxylic acids is 2. The van der Waals surface area contributed by atoms with Crippen LogP contribution in [0.5, 0.6) is 0 Å². The highest BCUT2D eigenvalue weighted by Crippen LogP contribution is 2.35. The van der Waals surface area contributed by atoms with Crippen LogP contribution in [0.3, 0.4) is 0 Å². The minimum atomic E-state index is -0.0632. The number of nitrogens with zero attached hydrogens (tertiary/aromatic N) is 1. The van der Waals surface area contributed by atoms with Gasteiger partial charge in [-0.2, -0.15) is 0 Å². The van der Waals surface area contributed by atoms with Crippen LogP contribution in [-0.2, 0) is 4.79 Å². The molecule has 0 radical (unpaired) electrons. The summed E-state index contributed by atoms with van der Waals surface area (Å²) in [6.07, 6.45) is 2.39. The van der Waals surface area contributed by atoms with E-state index in [9.17, 15) is 9.59 Å². The molecule has 3 fully saturated rings. The number of hydrogen-bond acceptors (Lipinski definition) is 5. The van der Waals surface area contributed by atoms with Crippen molar-refractivity contribution in [1.82, 2.24) is 10.2 Å². The monoisotopic (exact) mass is 401 g/mol. The number of amides is 2. The van der Waals surface area contributed by atoms with Crippen LogP contribution in [0.25, 0.3) is 0 Å². The van der Waals surface area contributed by atoms with E-state index >= 15 is 0 Å². The maximum absolute atomic E-state index is 12.6. The molecule has 0 aliphatic carbocycles. The van der Waals surface area contributed by atoms with Crippen LogP contribution in [0.15, 0.2) is 45.5 Å². The molecule has 1 aromatic carbocycles. The fraction of sp³-hybridized carbons (Fsp3) is 0.400. The Kier molecular flexibility index (Phi) is 5.52. The van der Waals surface area contributed by atoms with E-state index in [1.807, 2.05) is 36.4 Å². The van der Waals surface area contributed by atoms with Crippen LogP contribution in [0.2, 0.25) is 0 Å². The minimum Gasteiger partial charge on any atom is -0.348 e. The summed E-state index contributed by atoms with van der Waals surface area (Å²) in [7, 11) is 0. The van der Waals surface area contributed by atoms with Gasteiger partial charge in [-0.1, -0.05) is 11.8 Å². The van der Waals surface area contributed by atoms with Crippen LogP contribution in [0, 0.1) is 5.92 Å². The van der Waals surface area contributed by atoms with Crippen molar-refractivity contribution in [3.05, 3.63) is 42.0 Å². The average molecular weight is 402 g/mol. The van der Waals surface area contributed by atoms with Gasteiger partial charge >= 0.3 is 0 Å². The van der Waals surface area contributed by atoms with Gasteiger partial charge in [0, 0.05) is 30.0 Å². The summed E-state index contributed by atoms with van der Waals surface area (Å²) in [6.45, 7) is 4.84. The predicted molar refractivity (Wildman–Crippen MR) is 110 cm³/mol. The third kappa shape index (κ3) is 4.54. The number of piperidine rings is 3. The number of fused-ring (bicyclic) bond motifs is 3. The van der Waals surface area contributed by atoms with E-state index in [4.69, 9.17) is 0 Å². The lowest BCUT2D eigenvalue weighted by atomic mass is 9.84. The van der Waals surface area contributed by atoms with E-state index in [0.717, 1.165) is 20.7 Å². The maximum Gasteiger partial charge on any atom is 0.251 e. The number of rotatable bonds is 5. The van der Waals surface area contributed by atoms with Gasteiger partial charge < -0.3 is 15.5 Å². The number of nitrogens with one attached hydrogen (secondary N) is 2. The smallest absolute Gasteiger partial charge is 0.251 e. The van der Waals surface area contributed by atoms with Gasteiger partial charge in [-0.05, 0) is 68.2 Å². The van der Waals surface area contributed by atoms with Crippen molar-refractivity contribution in [3.63, 3.8) is 0 Å². The first-order valence-corrected chi connectivity index (χ1v) is 10.9. The number of hydrogen-bond donors (Lipinski definition) is 2. The number of carbonyl (C=O) groups is 2. The number of thiophene rings is 1. The van der Waals surface area contributed by atoms with Gasteiger partial charge in [-0.3, -0.25) is 9.59 Å². The summed E-state index contributed by atoms with van der Waals surface area (Å²) < 4.78 is 1.10. The van der Waals surface area contributed by atoms with Crippen LogP contribution in [0.1, 0.15) is 30.1 Å². The molecule has 7 heteroatoms. The second-order valence-corrected chi connectivity index (χ2v) is 9.60. The summed E-state index contributed by atoms with van der Waals surface area (Å²) in [5, 5.41) is 6.87. The predicted octanol–water partition coefficient (Wildman–Crippen LogP) is 3.68. The van der Waals surface area contributed by atoms with Crippen molar-refractivity contribution in [2.24, 2.45) is 5.92 Å². The van der Waals surface area contributed by atoms with E-state index in [2.05, 4.69) is 15.5 Å². The SMILES string of the molecule is CC(=O)Nc1ccc(Sc2ccc(C(=O)NC3CN4CCC3CC4)cc2)s1. The molecule has 0 spiro atoms. The molecule has 1 atom stereocenters. The van der Waals surface area contributed by atoms with E-state index < -0.39 is 0 Å². The van der Waals surface area contributed by atoms with E-state index in [-0.39, 0.29) is 17.9 Å². The van der Waals surface area contributed by atoms with Gasteiger partial charge in [0.15, 0.2) is 0 Å². The largest absolute Gasteiger partial charge is 0.348 e. The first kappa shape index (κ1) is 18.5. The summed E-state index contributed by atoms with van der Waals surface area (Å²) in [5.74, 6) is 0.589. The molecule has 2 N–H and O–H groups in total. The molecule has 1 aromatic heterocycles. The zero-order chi connectivity index (χ0) is 18.8. The standard InChI is InChI=1S/C20H23N3O2S2/c1-13(24)21-18-6-7-19(27-18)26-16-4-2-15(3-5-16)20(25)22-17-12-23-10-8-14(17)9-11-23/h2-7,14,17H,8-12H2,1H3,(H,21,24)(H,22,25). The molecule has 2 aromatic rings. The highest BCUT2D eigenvalue weighted by molar-refractivity contribution is 8.01. The maximum atomic E-state index is 12.6. The fourth-order valence-corrected chi connectivity index (χ4v) is 5.84. The molecule has 142 valence electrons. The van der Waals surface area contributed by atoms with Gasteiger partial charge in [0.05, 0.1) is 9.21 Å². The van der Waals surface area contributed by atoms with Crippen LogP contribution in [0.4, 0.5) is 5.00 Å². The van der Waals surface area contributed by atoms with Crippen LogP contribution < -0.4 is 10.6 Å². The Bertz CT molecular complexity index is 826. The van der Waals surface area contributed by atoms with Gasteiger partial charge in [0.1, 0.15) is 0 Å². The average Bonchev–Trinajstić information content (AvgIpc) is 3.09. The highest BCUT2D eigenvalue weighted by Gasteiger charge is 2.34. The lowest BCUT2D eigenvalue weighted by Crippen LogP contribution is -2.57. The van der Waals surface area contributed by atoms with Gasteiger partial charge in [-0.15, -0.1) is 11.3 Å². The Balaban J connectivity index is 1.35. The molecule has 4 heterocycles. The van der Waals surface area contributed by atoms with Crippen molar-refractivity contribution in [3.8, 4) is 0 Å². The zero-order valence-corrected chi connectivity index (χ0v) is 16.9. The third-order valence-corrected chi connectivity index (χ3v) is 7.33. The fourth-order valence-electron chi connectivity index (χ4n) is 3.79. The molecule has 2 amide bonds. The van der Waals surface area contributed by atoms with Crippen molar-refractivity contribution < 1.29 is 9.59 Å². The Morgan fingerprint density at radius 2 is 1.85 bits per heavy atom. The molecule has 27 heavy (non-hydrogen) atoms. The Morgan fingerprint density at radius 3 is 2.48 bits per heavy atom. The molecular formula is C20H23N3O2S2. The Morgan fingerprint density at radius 1 is 1.11 bits per heavy atom. The molecule has 2 bridgehead atoms. The molecule has 3 saturated heterocycles. The molecule has 5 nitrogen and oxygen atoms in total. The van der Waals surface area contributed by atoms with Crippen molar-refractivity contribution >= 4 is 39.9 Å². The third-order valence-electron chi connectivity index (χ3n) is 5.19. The zero-order valence-electron chi connectivity index (χ0n) is 15.2. The number of benzene rings is 1. The molecule has 3 aliphatic heterocycles. The molecule has 5 rings (SSSR count). The Labute approximate surface area is 167 Å². The van der Waals surface area contributed by atoms with Crippen molar-refractivity contribution in [2.45, 2.75) is 34.9 Å². The van der Waals surface area contributed by atoms with Crippen molar-refractivity contribution in [2.75, 3.05) is 25.0 Å². The summed E-state index contributed by atoms with van der Waals surface area (Å²) in [4.78, 5) is 27.2. The van der Waals surface area contributed by atoms with Gasteiger partial charge in [0.25, 0.3) is 5.91 Å². The topological polar surface area (TPSA) is 61.4 Å². The molecule has 1 unspecified atom stereocenters. The molecular weight excluding hydrogens is 378 g/mol. The summed E-state index contributed by atoms with van der Waals surface area (Å²) >= 11 is 3.17. The van der Waals surface area contributed by atoms with Crippen molar-refractivity contribution in [1.29, 1.82) is 0 Å². The van der Waals surface area contributed by atoms with E-state index in [0.29, 0.717) is 11.5 Å². The van der Waals surface area contributed by atoms with Gasteiger partial charge in [0.2, 0.25) is 5.91 Å². The number of anilines is 1. The highest BCUT2D eigenvalue weighted by atomic mass is 32.2. The minimum absolute atomic E-state index is 0.0226. The quantitative estimate of drug-likeness (QED) is 0.802. The lowest BCUT2D eigenvalue weighted by Gasteiger charge is -2.44. The van der Waals surface area contributed by atoms with Crippen LogP contribution in [-0.4, -0.2) is 42.4 Å². The molecule has 3 aliphatic rings. The first-order valence-electron chi connectivity index (χ1n) is 9.25. The summed E-state index contributed by atoms with van der Waals surface area (Å²) in [6, 6.07) is 11.9. The second-order valence-electron chi connectivity index (χ2n) is 7.14. The van der Waals surface area contributed by atoms with Gasteiger partial charge in [-0.25, -0.2) is 0 Å². The second kappa shape index (κ2) is 8.04. The van der Waals surface area contributed by atoms with E-state index in [1.165, 1.54) is 32.9 Å². The lowest BCUT2D eigenvalue weighted by molar-refractivity contribution is -0.114. The Hall–Kier alpha value is -1.83. The van der Waals surface area contributed by atoms with Crippen LogP contribution >= 0.6 is 23.1 Å². The van der Waals surface area contributed by atoms with E-state index in [1.54, 1.807) is 23.1 Å². The first-order chi connectivity index (χ1) is 13.1. The molecule has 0 saturated carbocycles. The summed E-state index contributed by atoms with van der Waals surface area (Å²) in [5.41, 5.74) is 0.709. The normalized spacial score (nSPS) is 23.8.